The second kappa shape index (κ2) is 6.83. The summed E-state index contributed by atoms with van der Waals surface area (Å²) in [7, 11) is 1.38. The zero-order chi connectivity index (χ0) is 15.3. The van der Waals surface area contributed by atoms with Crippen LogP contribution in [0.25, 0.3) is 0 Å². The molecule has 0 N–H and O–H groups in total. The third-order valence-corrected chi connectivity index (χ3v) is 3.85. The smallest absolute Gasteiger partial charge is 0.314 e. The van der Waals surface area contributed by atoms with Crippen LogP contribution in [0.1, 0.15) is 44.3 Å². The first-order chi connectivity index (χ1) is 9.31. The lowest BCUT2D eigenvalue weighted by Gasteiger charge is -2.19. The topological polar surface area (TPSA) is 65.5 Å². The number of nitrogens with zero attached hydrogens (tertiary/aromatic N) is 1. The van der Waals surface area contributed by atoms with Gasteiger partial charge in [-0.2, -0.15) is 0 Å². The predicted molar refractivity (Wildman–Crippen MR) is 76.7 cm³/mol. The van der Waals surface area contributed by atoms with E-state index in [1.54, 1.807) is 13.8 Å². The molecule has 0 aliphatic heterocycles. The van der Waals surface area contributed by atoms with Crippen molar-refractivity contribution in [3.63, 3.8) is 0 Å². The van der Waals surface area contributed by atoms with E-state index in [-0.39, 0.29) is 17.9 Å². The van der Waals surface area contributed by atoms with Gasteiger partial charge in [0.15, 0.2) is 0 Å². The highest BCUT2D eigenvalue weighted by Crippen LogP contribution is 2.27. The maximum Gasteiger partial charge on any atom is 0.314 e. The molecule has 20 heavy (non-hydrogen) atoms. The molecule has 5 nitrogen and oxygen atoms in total. The number of carbonyl (C=O) groups is 2. The van der Waals surface area contributed by atoms with E-state index in [4.69, 9.17) is 9.47 Å². The summed E-state index contributed by atoms with van der Waals surface area (Å²) in [5, 5.41) is 2.65. The van der Waals surface area contributed by atoms with Crippen molar-refractivity contribution in [3.8, 4) is 0 Å². The summed E-state index contributed by atoms with van der Waals surface area (Å²) in [6, 6.07) is 0. The monoisotopic (exact) mass is 299 g/mol. The Morgan fingerprint density at radius 2 is 2.10 bits per heavy atom. The Morgan fingerprint density at radius 3 is 2.65 bits per heavy atom. The zero-order valence-corrected chi connectivity index (χ0v) is 13.4. The van der Waals surface area contributed by atoms with Gasteiger partial charge in [0.2, 0.25) is 0 Å². The third kappa shape index (κ3) is 4.03. The largest absolute Gasteiger partial charge is 0.469 e. The van der Waals surface area contributed by atoms with Gasteiger partial charge >= 0.3 is 11.9 Å². The molecule has 0 aliphatic carbocycles. The molecule has 0 radical (unpaired) electrons. The fraction of sp³-hybridized carbons (Fsp3) is 0.643. The Kier molecular flexibility index (Phi) is 5.68. The Bertz CT molecular complexity index is 481. The van der Waals surface area contributed by atoms with Crippen molar-refractivity contribution in [2.24, 2.45) is 5.41 Å². The molecule has 0 saturated carbocycles. The number of ether oxygens (including phenoxy) is 2. The van der Waals surface area contributed by atoms with Gasteiger partial charge in [-0.05, 0) is 27.7 Å². The number of esters is 2. The lowest BCUT2D eigenvalue weighted by molar-refractivity contribution is -0.150. The summed E-state index contributed by atoms with van der Waals surface area (Å²) in [6.45, 7) is 7.52. The molecule has 0 amide bonds. The van der Waals surface area contributed by atoms with E-state index in [1.165, 1.54) is 18.4 Å². The lowest BCUT2D eigenvalue weighted by atomic mass is 9.90. The van der Waals surface area contributed by atoms with Crippen LogP contribution in [0, 0.1) is 5.41 Å². The molecule has 1 unspecified atom stereocenters. The molecule has 0 aromatic carbocycles. The third-order valence-electron chi connectivity index (χ3n) is 2.98. The minimum Gasteiger partial charge on any atom is -0.469 e. The summed E-state index contributed by atoms with van der Waals surface area (Å²) in [6.07, 6.45) is 0.486. The van der Waals surface area contributed by atoms with Gasteiger partial charge in [-0.25, -0.2) is 4.98 Å². The predicted octanol–water partition coefficient (Wildman–Crippen LogP) is 2.55. The molecule has 112 valence electrons. The van der Waals surface area contributed by atoms with Crippen LogP contribution >= 0.6 is 11.3 Å². The van der Waals surface area contributed by atoms with Crippen molar-refractivity contribution in [1.29, 1.82) is 0 Å². The Morgan fingerprint density at radius 1 is 1.45 bits per heavy atom. The first-order valence-electron chi connectivity index (χ1n) is 6.51. The van der Waals surface area contributed by atoms with Crippen molar-refractivity contribution < 1.29 is 19.1 Å². The first-order valence-corrected chi connectivity index (χ1v) is 7.39. The summed E-state index contributed by atoms with van der Waals surface area (Å²) in [5.74, 6) is -0.939. The van der Waals surface area contributed by atoms with Gasteiger partial charge in [0, 0.05) is 11.8 Å². The number of thiazole rings is 1. The van der Waals surface area contributed by atoms with Gasteiger partial charge in [-0.3, -0.25) is 9.59 Å². The van der Waals surface area contributed by atoms with Gasteiger partial charge < -0.3 is 9.47 Å². The molecule has 0 spiro atoms. The Hall–Kier alpha value is -1.43. The van der Waals surface area contributed by atoms with Crippen molar-refractivity contribution in [3.05, 3.63) is 16.1 Å². The van der Waals surface area contributed by atoms with Crippen LogP contribution in [0.2, 0.25) is 0 Å². The molecule has 0 aliphatic rings. The molecule has 0 saturated heterocycles. The average molecular weight is 299 g/mol. The van der Waals surface area contributed by atoms with Gasteiger partial charge in [0.25, 0.3) is 0 Å². The second-order valence-electron chi connectivity index (χ2n) is 5.19. The molecule has 1 heterocycles. The SMILES string of the molecule is CCOC(=O)C(C)c1csc(CC(C)(C)C(=O)OC)n1. The number of methoxy groups -OCH3 is 1. The second-order valence-corrected chi connectivity index (χ2v) is 6.13. The molecular formula is C14H21NO4S. The van der Waals surface area contributed by atoms with E-state index in [9.17, 15) is 9.59 Å². The van der Waals surface area contributed by atoms with Gasteiger partial charge in [-0.1, -0.05) is 0 Å². The fourth-order valence-corrected chi connectivity index (χ4v) is 2.84. The maximum absolute atomic E-state index is 11.7. The number of hydrogen-bond donors (Lipinski definition) is 0. The molecule has 1 atom stereocenters. The number of hydrogen-bond acceptors (Lipinski definition) is 6. The quantitative estimate of drug-likeness (QED) is 0.755. The van der Waals surface area contributed by atoms with Crippen molar-refractivity contribution in [1.82, 2.24) is 4.98 Å². The lowest BCUT2D eigenvalue weighted by Crippen LogP contribution is -2.28. The minimum absolute atomic E-state index is 0.271. The fourth-order valence-electron chi connectivity index (χ4n) is 1.72. The van der Waals surface area contributed by atoms with Crippen LogP contribution in [-0.2, 0) is 25.5 Å². The average Bonchev–Trinajstić information content (AvgIpc) is 2.84. The summed E-state index contributed by atoms with van der Waals surface area (Å²) in [5.41, 5.74) is 0.0564. The van der Waals surface area contributed by atoms with Crippen LogP contribution in [0.4, 0.5) is 0 Å². The normalized spacial score (nSPS) is 12.8. The minimum atomic E-state index is -0.628. The van der Waals surface area contributed by atoms with Gasteiger partial charge in [-0.15, -0.1) is 11.3 Å². The van der Waals surface area contributed by atoms with E-state index < -0.39 is 5.41 Å². The molecule has 0 bridgehead atoms. The van der Waals surface area contributed by atoms with Crippen molar-refractivity contribution in [2.45, 2.75) is 40.0 Å². The van der Waals surface area contributed by atoms with Gasteiger partial charge in [0.1, 0.15) is 0 Å². The van der Waals surface area contributed by atoms with Crippen LogP contribution in [0.3, 0.4) is 0 Å². The summed E-state index contributed by atoms with van der Waals surface area (Å²) < 4.78 is 9.75. The highest BCUT2D eigenvalue weighted by Gasteiger charge is 2.30. The Balaban J connectivity index is 2.77. The number of carbonyl (C=O) groups excluding carboxylic acids is 2. The molecule has 1 aromatic heterocycles. The Labute approximate surface area is 123 Å². The summed E-state index contributed by atoms with van der Waals surface area (Å²) in [4.78, 5) is 27.7. The molecular weight excluding hydrogens is 278 g/mol. The highest BCUT2D eigenvalue weighted by atomic mass is 32.1. The van der Waals surface area contributed by atoms with Gasteiger partial charge in [0.05, 0.1) is 35.8 Å². The van der Waals surface area contributed by atoms with E-state index in [1.807, 2.05) is 19.2 Å². The number of aromatic nitrogens is 1. The van der Waals surface area contributed by atoms with E-state index in [0.717, 1.165) is 5.01 Å². The molecule has 0 fully saturated rings. The van der Waals surface area contributed by atoms with E-state index in [2.05, 4.69) is 4.98 Å². The van der Waals surface area contributed by atoms with Crippen molar-refractivity contribution in [2.75, 3.05) is 13.7 Å². The summed E-state index contributed by atoms with van der Waals surface area (Å²) >= 11 is 1.44. The zero-order valence-electron chi connectivity index (χ0n) is 12.6. The maximum atomic E-state index is 11.7. The van der Waals surface area contributed by atoms with E-state index >= 15 is 0 Å². The standard InChI is InChI=1S/C14H21NO4S/c1-6-19-12(16)9(2)10-8-20-11(15-10)7-14(3,4)13(17)18-5/h8-9H,6-7H2,1-5H3. The molecule has 1 rings (SSSR count). The van der Waals surface area contributed by atoms with Crippen LogP contribution < -0.4 is 0 Å². The molecule has 1 aromatic rings. The van der Waals surface area contributed by atoms with Crippen LogP contribution in [0.15, 0.2) is 5.38 Å². The first kappa shape index (κ1) is 16.6. The van der Waals surface area contributed by atoms with E-state index in [0.29, 0.717) is 18.7 Å². The highest BCUT2D eigenvalue weighted by molar-refractivity contribution is 7.09. The molecule has 6 heteroatoms. The van der Waals surface area contributed by atoms with Crippen LogP contribution in [0.5, 0.6) is 0 Å². The number of rotatable bonds is 6. The van der Waals surface area contributed by atoms with Crippen molar-refractivity contribution >= 4 is 23.3 Å². The van der Waals surface area contributed by atoms with Crippen LogP contribution in [-0.4, -0.2) is 30.6 Å².